The highest BCUT2D eigenvalue weighted by Gasteiger charge is 2.22. The lowest BCUT2D eigenvalue weighted by Gasteiger charge is -2.36. The first-order chi connectivity index (χ1) is 7.92. The molecule has 1 fully saturated rings. The molecule has 1 heterocycles. The van der Waals surface area contributed by atoms with Crippen molar-refractivity contribution in [3.8, 4) is 0 Å². The lowest BCUT2D eigenvalue weighted by Crippen LogP contribution is -2.51. The van der Waals surface area contributed by atoms with E-state index in [2.05, 4.69) is 4.90 Å². The molecule has 7 nitrogen and oxygen atoms in total. The average molecular weight is 268 g/mol. The third kappa shape index (κ3) is 5.75. The molecule has 0 aromatic carbocycles. The van der Waals surface area contributed by atoms with Crippen molar-refractivity contribution in [3.63, 3.8) is 0 Å². The van der Waals surface area contributed by atoms with E-state index in [-0.39, 0.29) is 13.0 Å². The van der Waals surface area contributed by atoms with Gasteiger partial charge in [0.25, 0.3) is 10.1 Å². The van der Waals surface area contributed by atoms with E-state index in [4.69, 9.17) is 9.66 Å². The second kappa shape index (κ2) is 6.62. The Balaban J connectivity index is 2.28. The highest BCUT2D eigenvalue weighted by atomic mass is 32.2. The van der Waals surface area contributed by atoms with Crippen molar-refractivity contribution in [2.45, 2.75) is 12.6 Å². The number of β-amino-alcohol motifs (C(OH)–C–C–N with tert-alkyl or cyclic N) is 1. The highest BCUT2D eigenvalue weighted by Crippen LogP contribution is 2.08. The normalized spacial score (nSPS) is 21.6. The molecule has 0 aromatic rings. The van der Waals surface area contributed by atoms with Gasteiger partial charge in [0.1, 0.15) is 6.23 Å². The molecular formula is C9H20N2O5S. The van der Waals surface area contributed by atoms with Crippen molar-refractivity contribution in [3.05, 3.63) is 0 Å². The molecule has 8 heteroatoms. The molecule has 0 spiro atoms. The Kier molecular flexibility index (Phi) is 5.77. The van der Waals surface area contributed by atoms with Crippen LogP contribution in [0.5, 0.6) is 0 Å². The quantitative estimate of drug-likeness (QED) is 0.488. The standard InChI is InChI=1S/C9H20N2O5S/c12-7-6-10-2-4-11(5-3-10)9(13)1-8-17(14,15)16/h9,12-13H,1-8H2,(H,14,15,16)/t9-/m0/s1. The van der Waals surface area contributed by atoms with Crippen LogP contribution in [0, 0.1) is 0 Å². The average Bonchev–Trinajstić information content (AvgIpc) is 2.26. The van der Waals surface area contributed by atoms with E-state index < -0.39 is 22.1 Å². The summed E-state index contributed by atoms with van der Waals surface area (Å²) in [6, 6.07) is 0. The van der Waals surface area contributed by atoms with Crippen molar-refractivity contribution in [2.24, 2.45) is 0 Å². The minimum absolute atomic E-state index is 0.0127. The maximum atomic E-state index is 10.5. The second-order valence-electron chi connectivity index (χ2n) is 4.16. The van der Waals surface area contributed by atoms with Crippen molar-refractivity contribution >= 4 is 10.1 Å². The van der Waals surface area contributed by atoms with Gasteiger partial charge >= 0.3 is 0 Å². The van der Waals surface area contributed by atoms with Crippen LogP contribution in [0.4, 0.5) is 0 Å². The smallest absolute Gasteiger partial charge is 0.265 e. The molecule has 0 aliphatic carbocycles. The molecule has 102 valence electrons. The maximum absolute atomic E-state index is 10.5. The minimum Gasteiger partial charge on any atom is -0.395 e. The maximum Gasteiger partial charge on any atom is 0.265 e. The monoisotopic (exact) mass is 268 g/mol. The summed E-state index contributed by atoms with van der Waals surface area (Å²) in [6.07, 6.45) is -0.827. The molecule has 1 aliphatic heterocycles. The molecular weight excluding hydrogens is 248 g/mol. The number of hydrogen-bond acceptors (Lipinski definition) is 6. The molecule has 3 N–H and O–H groups in total. The van der Waals surface area contributed by atoms with Gasteiger partial charge in [0.15, 0.2) is 0 Å². The van der Waals surface area contributed by atoms with Gasteiger partial charge in [-0.1, -0.05) is 0 Å². The molecule has 0 bridgehead atoms. The number of nitrogens with zero attached hydrogens (tertiary/aromatic N) is 2. The predicted molar refractivity (Wildman–Crippen MR) is 62.1 cm³/mol. The molecule has 1 aliphatic rings. The summed E-state index contributed by atoms with van der Waals surface area (Å²) in [4.78, 5) is 3.85. The molecule has 0 unspecified atom stereocenters. The molecule has 1 rings (SSSR count). The molecule has 0 amide bonds. The van der Waals surface area contributed by atoms with Crippen molar-refractivity contribution < 1.29 is 23.2 Å². The number of hydrogen-bond donors (Lipinski definition) is 3. The van der Waals surface area contributed by atoms with Crippen molar-refractivity contribution in [1.82, 2.24) is 9.80 Å². The summed E-state index contributed by atoms with van der Waals surface area (Å²) in [5.41, 5.74) is 0. The third-order valence-electron chi connectivity index (χ3n) is 2.88. The van der Waals surface area contributed by atoms with Crippen LogP contribution >= 0.6 is 0 Å². The van der Waals surface area contributed by atoms with Crippen molar-refractivity contribution in [1.29, 1.82) is 0 Å². The SMILES string of the molecule is O=S(=O)(O)CC[C@H](O)N1CCN(CCO)CC1. The molecule has 1 saturated heterocycles. The second-order valence-corrected chi connectivity index (χ2v) is 5.73. The van der Waals surface area contributed by atoms with E-state index >= 15 is 0 Å². The number of piperazine rings is 1. The summed E-state index contributed by atoms with van der Waals surface area (Å²) in [5, 5.41) is 18.5. The third-order valence-corrected chi connectivity index (χ3v) is 3.63. The van der Waals surface area contributed by atoms with Crippen molar-refractivity contribution in [2.75, 3.05) is 45.1 Å². The Morgan fingerprint density at radius 1 is 1.18 bits per heavy atom. The number of rotatable bonds is 6. The van der Waals surface area contributed by atoms with E-state index in [0.29, 0.717) is 19.6 Å². The first kappa shape index (κ1) is 14.8. The van der Waals surface area contributed by atoms with Gasteiger partial charge < -0.3 is 10.2 Å². The van der Waals surface area contributed by atoms with Crippen LogP contribution in [0.2, 0.25) is 0 Å². The zero-order valence-corrected chi connectivity index (χ0v) is 10.5. The van der Waals surface area contributed by atoms with Gasteiger partial charge in [0.05, 0.1) is 12.4 Å². The topological polar surface area (TPSA) is 101 Å². The Morgan fingerprint density at radius 3 is 2.24 bits per heavy atom. The Bertz CT molecular complexity index is 313. The van der Waals surface area contributed by atoms with Crippen LogP contribution in [0.3, 0.4) is 0 Å². The zero-order chi connectivity index (χ0) is 12.9. The number of aliphatic hydroxyl groups excluding tert-OH is 2. The zero-order valence-electron chi connectivity index (χ0n) is 9.70. The Morgan fingerprint density at radius 2 is 1.76 bits per heavy atom. The van der Waals surface area contributed by atoms with Crippen LogP contribution in [0.25, 0.3) is 0 Å². The van der Waals surface area contributed by atoms with E-state index in [1.807, 2.05) is 0 Å². The summed E-state index contributed by atoms with van der Waals surface area (Å²) in [5.74, 6) is -0.426. The molecule has 0 radical (unpaired) electrons. The fraction of sp³-hybridized carbons (Fsp3) is 1.00. The van der Waals surface area contributed by atoms with Gasteiger partial charge in [0, 0.05) is 39.1 Å². The Hall–Kier alpha value is -0.250. The Labute approximate surface area is 101 Å². The van der Waals surface area contributed by atoms with E-state index in [9.17, 15) is 13.5 Å². The van der Waals surface area contributed by atoms with E-state index in [0.717, 1.165) is 13.1 Å². The first-order valence-electron chi connectivity index (χ1n) is 5.63. The van der Waals surface area contributed by atoms with Gasteiger partial charge in [-0.3, -0.25) is 14.4 Å². The predicted octanol–water partition coefficient (Wildman–Crippen LogP) is -1.81. The lowest BCUT2D eigenvalue weighted by atomic mass is 10.2. The highest BCUT2D eigenvalue weighted by molar-refractivity contribution is 7.85. The van der Waals surface area contributed by atoms with Crippen LogP contribution in [0.1, 0.15) is 6.42 Å². The molecule has 1 atom stereocenters. The first-order valence-corrected chi connectivity index (χ1v) is 7.24. The van der Waals surface area contributed by atoms with Gasteiger partial charge in [-0.2, -0.15) is 8.42 Å². The molecule has 0 saturated carbocycles. The van der Waals surface area contributed by atoms with Gasteiger partial charge in [-0.25, -0.2) is 0 Å². The van der Waals surface area contributed by atoms with Crippen LogP contribution in [0.15, 0.2) is 0 Å². The van der Waals surface area contributed by atoms with Gasteiger partial charge in [0.2, 0.25) is 0 Å². The van der Waals surface area contributed by atoms with E-state index in [1.54, 1.807) is 4.90 Å². The lowest BCUT2D eigenvalue weighted by molar-refractivity contribution is -0.0282. The summed E-state index contributed by atoms with van der Waals surface area (Å²) >= 11 is 0. The van der Waals surface area contributed by atoms with E-state index in [1.165, 1.54) is 0 Å². The number of aliphatic hydroxyl groups is 2. The van der Waals surface area contributed by atoms with Gasteiger partial charge in [-0.15, -0.1) is 0 Å². The fourth-order valence-electron chi connectivity index (χ4n) is 1.86. The minimum atomic E-state index is -4.01. The van der Waals surface area contributed by atoms with Gasteiger partial charge in [-0.05, 0) is 0 Å². The van der Waals surface area contributed by atoms with Crippen LogP contribution in [-0.2, 0) is 10.1 Å². The fourth-order valence-corrected chi connectivity index (χ4v) is 2.37. The summed E-state index contributed by atoms with van der Waals surface area (Å²) in [7, 11) is -4.01. The largest absolute Gasteiger partial charge is 0.395 e. The molecule has 17 heavy (non-hydrogen) atoms. The summed E-state index contributed by atoms with van der Waals surface area (Å²) < 4.78 is 29.7. The van der Waals surface area contributed by atoms with Crippen LogP contribution < -0.4 is 0 Å². The van der Waals surface area contributed by atoms with Crippen LogP contribution in [-0.4, -0.2) is 84.3 Å². The molecule has 0 aromatic heterocycles. The summed E-state index contributed by atoms with van der Waals surface area (Å²) in [6.45, 7) is 3.48.